The lowest BCUT2D eigenvalue weighted by Gasteiger charge is -2.07. The molecule has 0 radical (unpaired) electrons. The predicted octanol–water partition coefficient (Wildman–Crippen LogP) is 4.67. The van der Waals surface area contributed by atoms with E-state index in [1.165, 1.54) is 0 Å². The van der Waals surface area contributed by atoms with Crippen molar-refractivity contribution < 1.29 is 9.59 Å². The topological polar surface area (TPSA) is 46.2 Å². The molecular weight excluding hydrogens is 342 g/mol. The molecule has 0 aromatic heterocycles. The van der Waals surface area contributed by atoms with Gasteiger partial charge in [-0.25, -0.2) is 0 Å². The minimum atomic E-state index is -0.163. The number of carbonyl (C=O) groups is 2. The quantitative estimate of drug-likeness (QED) is 0.788. The summed E-state index contributed by atoms with van der Waals surface area (Å²) in [4.78, 5) is 24.1. The lowest BCUT2D eigenvalue weighted by molar-refractivity contribution is -0.116. The average molecular weight is 360 g/mol. The molecule has 0 bridgehead atoms. The van der Waals surface area contributed by atoms with Crippen LogP contribution in [0.1, 0.15) is 34.3 Å². The summed E-state index contributed by atoms with van der Waals surface area (Å²) < 4.78 is 0.823. The van der Waals surface area contributed by atoms with Crippen LogP contribution in [-0.2, 0) is 4.79 Å². The third kappa shape index (κ3) is 4.28. The second-order valence-corrected chi connectivity index (χ2v) is 6.10. The Morgan fingerprint density at radius 1 is 1.00 bits per heavy atom. The Balaban J connectivity index is 1.92. The maximum Gasteiger partial charge on any atom is 0.224 e. The van der Waals surface area contributed by atoms with Crippen LogP contribution in [0.3, 0.4) is 0 Å². The van der Waals surface area contributed by atoms with Crippen molar-refractivity contribution in [2.24, 2.45) is 0 Å². The number of amides is 1. The second kappa shape index (κ2) is 7.36. The van der Waals surface area contributed by atoms with Gasteiger partial charge in [-0.15, -0.1) is 0 Å². The first-order valence-corrected chi connectivity index (χ1v) is 7.91. The van der Waals surface area contributed by atoms with Gasteiger partial charge in [0.15, 0.2) is 5.78 Å². The molecule has 114 valence electrons. The first-order valence-electron chi connectivity index (χ1n) is 7.12. The summed E-state index contributed by atoms with van der Waals surface area (Å²) in [6.07, 6.45) is 0.381. The van der Waals surface area contributed by atoms with Gasteiger partial charge in [-0.3, -0.25) is 9.59 Å². The Labute approximate surface area is 138 Å². The molecule has 0 spiro atoms. The maximum absolute atomic E-state index is 12.1. The van der Waals surface area contributed by atoms with Gasteiger partial charge in [0.05, 0.1) is 5.69 Å². The van der Waals surface area contributed by atoms with Crippen molar-refractivity contribution >= 4 is 33.3 Å². The van der Waals surface area contributed by atoms with Crippen molar-refractivity contribution in [1.29, 1.82) is 0 Å². The van der Waals surface area contributed by atoms with Gasteiger partial charge < -0.3 is 5.32 Å². The van der Waals surface area contributed by atoms with Crippen LogP contribution in [0, 0.1) is 13.8 Å². The molecule has 2 rings (SSSR count). The SMILES string of the molecule is Cc1ccc(C(=O)CCC(=O)Nc2ccccc2Br)cc1C. The highest BCUT2D eigenvalue weighted by Crippen LogP contribution is 2.21. The number of aryl methyl sites for hydroxylation is 2. The standard InChI is InChI=1S/C18H18BrNO2/c1-12-7-8-14(11-13(12)2)17(21)9-10-18(22)20-16-6-4-3-5-15(16)19/h3-8,11H,9-10H2,1-2H3,(H,20,22). The van der Waals surface area contributed by atoms with E-state index in [9.17, 15) is 9.59 Å². The summed E-state index contributed by atoms with van der Waals surface area (Å²) in [6.45, 7) is 3.99. The van der Waals surface area contributed by atoms with E-state index in [4.69, 9.17) is 0 Å². The van der Waals surface area contributed by atoms with Gasteiger partial charge in [-0.05, 0) is 59.1 Å². The summed E-state index contributed by atoms with van der Waals surface area (Å²) in [5, 5.41) is 2.80. The highest BCUT2D eigenvalue weighted by Gasteiger charge is 2.11. The minimum absolute atomic E-state index is 0.00891. The summed E-state index contributed by atoms with van der Waals surface area (Å²) in [6, 6.07) is 13.0. The highest BCUT2D eigenvalue weighted by atomic mass is 79.9. The molecule has 0 aliphatic rings. The fourth-order valence-corrected chi connectivity index (χ4v) is 2.45. The monoisotopic (exact) mass is 359 g/mol. The number of ketones is 1. The van der Waals surface area contributed by atoms with Gasteiger partial charge in [-0.2, -0.15) is 0 Å². The van der Waals surface area contributed by atoms with Crippen molar-refractivity contribution in [3.8, 4) is 0 Å². The Hall–Kier alpha value is -1.94. The molecular formula is C18H18BrNO2. The van der Waals surface area contributed by atoms with Crippen LogP contribution < -0.4 is 5.32 Å². The summed E-state index contributed by atoms with van der Waals surface area (Å²) in [5.41, 5.74) is 3.62. The molecule has 0 saturated carbocycles. The maximum atomic E-state index is 12.1. The molecule has 1 N–H and O–H groups in total. The Kier molecular flexibility index (Phi) is 5.50. The molecule has 1 amide bonds. The minimum Gasteiger partial charge on any atom is -0.325 e. The molecule has 0 saturated heterocycles. The number of rotatable bonds is 5. The molecule has 3 nitrogen and oxygen atoms in total. The molecule has 0 atom stereocenters. The summed E-state index contributed by atoms with van der Waals surface area (Å²) in [7, 11) is 0. The van der Waals surface area contributed by atoms with Gasteiger partial charge in [0.2, 0.25) is 5.91 Å². The third-order valence-electron chi connectivity index (χ3n) is 3.56. The molecule has 0 aliphatic carbocycles. The number of halogens is 1. The van der Waals surface area contributed by atoms with Crippen molar-refractivity contribution in [2.45, 2.75) is 26.7 Å². The zero-order chi connectivity index (χ0) is 16.1. The van der Waals surface area contributed by atoms with Gasteiger partial charge in [0.1, 0.15) is 0 Å². The van der Waals surface area contributed by atoms with E-state index >= 15 is 0 Å². The van der Waals surface area contributed by atoms with Crippen LogP contribution >= 0.6 is 15.9 Å². The van der Waals surface area contributed by atoms with Crippen molar-refractivity contribution in [3.05, 3.63) is 63.6 Å². The van der Waals surface area contributed by atoms with Crippen LogP contribution in [0.2, 0.25) is 0 Å². The van der Waals surface area contributed by atoms with Crippen LogP contribution in [-0.4, -0.2) is 11.7 Å². The number of para-hydroxylation sites is 1. The van der Waals surface area contributed by atoms with E-state index in [0.29, 0.717) is 11.3 Å². The molecule has 0 fully saturated rings. The van der Waals surface area contributed by atoms with Crippen molar-refractivity contribution in [3.63, 3.8) is 0 Å². The van der Waals surface area contributed by atoms with Gasteiger partial charge >= 0.3 is 0 Å². The number of anilines is 1. The number of carbonyl (C=O) groups excluding carboxylic acids is 2. The number of Topliss-reactive ketones (excluding diaryl/α,β-unsaturated/α-hetero) is 1. The fourth-order valence-electron chi connectivity index (χ4n) is 2.06. The number of hydrogen-bond donors (Lipinski definition) is 1. The first-order chi connectivity index (χ1) is 10.5. The zero-order valence-corrected chi connectivity index (χ0v) is 14.2. The van der Waals surface area contributed by atoms with Crippen LogP contribution in [0.15, 0.2) is 46.9 Å². The van der Waals surface area contributed by atoms with E-state index in [1.807, 2.05) is 56.3 Å². The van der Waals surface area contributed by atoms with Crippen LogP contribution in [0.4, 0.5) is 5.69 Å². The number of hydrogen-bond acceptors (Lipinski definition) is 2. The van der Waals surface area contributed by atoms with Crippen LogP contribution in [0.5, 0.6) is 0 Å². The third-order valence-corrected chi connectivity index (χ3v) is 4.25. The van der Waals surface area contributed by atoms with Gasteiger partial charge in [0.25, 0.3) is 0 Å². The Morgan fingerprint density at radius 2 is 1.73 bits per heavy atom. The van der Waals surface area contributed by atoms with E-state index < -0.39 is 0 Å². The fraction of sp³-hybridized carbons (Fsp3) is 0.222. The van der Waals surface area contributed by atoms with Gasteiger partial charge in [-0.1, -0.05) is 24.3 Å². The van der Waals surface area contributed by atoms with E-state index in [-0.39, 0.29) is 24.5 Å². The molecule has 22 heavy (non-hydrogen) atoms. The van der Waals surface area contributed by atoms with Crippen molar-refractivity contribution in [1.82, 2.24) is 0 Å². The molecule has 0 unspecified atom stereocenters. The summed E-state index contributed by atoms with van der Waals surface area (Å²) in [5.74, 6) is -0.172. The number of benzene rings is 2. The van der Waals surface area contributed by atoms with Crippen molar-refractivity contribution in [2.75, 3.05) is 5.32 Å². The average Bonchev–Trinajstić information content (AvgIpc) is 2.50. The first kappa shape index (κ1) is 16.4. The lowest BCUT2D eigenvalue weighted by Crippen LogP contribution is -2.13. The zero-order valence-electron chi connectivity index (χ0n) is 12.7. The van der Waals surface area contributed by atoms with E-state index in [2.05, 4.69) is 21.2 Å². The molecule has 2 aromatic rings. The number of nitrogens with one attached hydrogen (secondary N) is 1. The largest absolute Gasteiger partial charge is 0.325 e. The van der Waals surface area contributed by atoms with Gasteiger partial charge in [0, 0.05) is 22.9 Å². The highest BCUT2D eigenvalue weighted by molar-refractivity contribution is 9.10. The Bertz CT molecular complexity index is 710. The lowest BCUT2D eigenvalue weighted by atomic mass is 10.0. The molecule has 4 heteroatoms. The molecule has 0 heterocycles. The summed E-state index contributed by atoms with van der Waals surface area (Å²) >= 11 is 3.37. The van der Waals surface area contributed by atoms with E-state index in [0.717, 1.165) is 15.6 Å². The second-order valence-electron chi connectivity index (χ2n) is 5.25. The Morgan fingerprint density at radius 3 is 2.41 bits per heavy atom. The predicted molar refractivity (Wildman–Crippen MR) is 92.3 cm³/mol. The molecule has 2 aromatic carbocycles. The molecule has 0 aliphatic heterocycles. The smallest absolute Gasteiger partial charge is 0.224 e. The van der Waals surface area contributed by atoms with E-state index in [1.54, 1.807) is 0 Å². The normalized spacial score (nSPS) is 10.3. The van der Waals surface area contributed by atoms with Crippen LogP contribution in [0.25, 0.3) is 0 Å².